The molecule has 158 valence electrons. The molecule has 4 rings (SSSR count). The number of carbonyl (C=O) groups excluding carboxylic acids is 3. The maximum absolute atomic E-state index is 12.6. The smallest absolute Gasteiger partial charge is 0.261 e. The number of rotatable bonds is 7. The summed E-state index contributed by atoms with van der Waals surface area (Å²) in [6, 6.07) is 13.6. The molecule has 0 spiro atoms. The van der Waals surface area contributed by atoms with Crippen molar-refractivity contribution in [3.63, 3.8) is 0 Å². The molecule has 9 heteroatoms. The largest absolute Gasteiger partial charge is 0.493 e. The highest BCUT2D eigenvalue weighted by molar-refractivity contribution is 7.15. The summed E-state index contributed by atoms with van der Waals surface area (Å²) in [6.45, 7) is 4.65. The number of nitrogens with zero attached hydrogens (tertiary/aromatic N) is 3. The van der Waals surface area contributed by atoms with Crippen LogP contribution in [0.2, 0.25) is 0 Å². The van der Waals surface area contributed by atoms with Crippen LogP contribution >= 0.6 is 11.3 Å². The van der Waals surface area contributed by atoms with E-state index >= 15 is 0 Å². The first-order valence-corrected chi connectivity index (χ1v) is 10.6. The summed E-state index contributed by atoms with van der Waals surface area (Å²) in [4.78, 5) is 38.7. The maximum Gasteiger partial charge on any atom is 0.261 e. The van der Waals surface area contributed by atoms with Crippen LogP contribution in [0.3, 0.4) is 0 Å². The molecule has 8 nitrogen and oxygen atoms in total. The van der Waals surface area contributed by atoms with Crippen molar-refractivity contribution in [3.05, 3.63) is 70.2 Å². The van der Waals surface area contributed by atoms with Crippen LogP contribution in [-0.2, 0) is 6.54 Å². The average Bonchev–Trinajstić information content (AvgIpc) is 3.31. The second kappa shape index (κ2) is 8.65. The van der Waals surface area contributed by atoms with Crippen molar-refractivity contribution >= 4 is 34.2 Å². The summed E-state index contributed by atoms with van der Waals surface area (Å²) in [5.41, 5.74) is 1.19. The van der Waals surface area contributed by atoms with E-state index in [1.165, 1.54) is 0 Å². The number of aromatic nitrogens is 2. The first-order valence-electron chi connectivity index (χ1n) is 9.74. The number of carbonyl (C=O) groups is 3. The molecule has 1 aromatic heterocycles. The van der Waals surface area contributed by atoms with Crippen LogP contribution < -0.4 is 10.1 Å². The van der Waals surface area contributed by atoms with Gasteiger partial charge in [-0.1, -0.05) is 43.4 Å². The van der Waals surface area contributed by atoms with Gasteiger partial charge in [0.25, 0.3) is 17.7 Å². The van der Waals surface area contributed by atoms with Gasteiger partial charge in [0.2, 0.25) is 5.13 Å². The van der Waals surface area contributed by atoms with E-state index in [9.17, 15) is 14.4 Å². The van der Waals surface area contributed by atoms with E-state index in [1.807, 2.05) is 13.8 Å². The number of fused-ring (bicyclic) bond motifs is 1. The third kappa shape index (κ3) is 4.46. The molecule has 0 aliphatic carbocycles. The Labute approximate surface area is 182 Å². The lowest BCUT2D eigenvalue weighted by atomic mass is 10.1. The number of amides is 3. The van der Waals surface area contributed by atoms with Crippen LogP contribution in [-0.4, -0.2) is 39.4 Å². The van der Waals surface area contributed by atoms with Crippen LogP contribution in [0, 0.1) is 5.92 Å². The fraction of sp³-hybridized carbons (Fsp3) is 0.227. The molecular weight excluding hydrogens is 416 g/mol. The Morgan fingerprint density at radius 2 is 1.77 bits per heavy atom. The average molecular weight is 436 g/mol. The molecule has 31 heavy (non-hydrogen) atoms. The minimum Gasteiger partial charge on any atom is -0.493 e. The molecule has 3 amide bonds. The molecule has 0 saturated carbocycles. The van der Waals surface area contributed by atoms with Gasteiger partial charge in [-0.25, -0.2) is 0 Å². The Morgan fingerprint density at radius 3 is 2.45 bits per heavy atom. The van der Waals surface area contributed by atoms with Gasteiger partial charge in [-0.3, -0.25) is 24.6 Å². The highest BCUT2D eigenvalue weighted by Gasteiger charge is 2.35. The normalized spacial score (nSPS) is 12.9. The van der Waals surface area contributed by atoms with Crippen LogP contribution in [0.5, 0.6) is 5.75 Å². The van der Waals surface area contributed by atoms with Gasteiger partial charge in [0.15, 0.2) is 0 Å². The molecule has 1 aliphatic heterocycles. The van der Waals surface area contributed by atoms with Crippen LogP contribution in [0.15, 0.2) is 48.5 Å². The lowest BCUT2D eigenvalue weighted by Crippen LogP contribution is -2.29. The number of ether oxygens (including phenoxy) is 1. The number of hydrogen-bond donors (Lipinski definition) is 1. The zero-order valence-corrected chi connectivity index (χ0v) is 17.8. The lowest BCUT2D eigenvalue weighted by Gasteiger charge is -2.10. The van der Waals surface area contributed by atoms with Crippen LogP contribution in [0.25, 0.3) is 0 Å². The number of benzene rings is 2. The zero-order valence-electron chi connectivity index (χ0n) is 17.0. The quantitative estimate of drug-likeness (QED) is 0.568. The van der Waals surface area contributed by atoms with Gasteiger partial charge in [0.05, 0.1) is 24.3 Å². The summed E-state index contributed by atoms with van der Waals surface area (Å²) < 4.78 is 5.66. The molecular formula is C22H20N4O4S. The topological polar surface area (TPSA) is 101 Å². The van der Waals surface area contributed by atoms with E-state index in [0.717, 1.165) is 16.2 Å². The van der Waals surface area contributed by atoms with Gasteiger partial charge in [-0.15, -0.1) is 10.2 Å². The first-order chi connectivity index (χ1) is 14.9. The lowest BCUT2D eigenvalue weighted by molar-refractivity contribution is 0.0641. The third-order valence-corrected chi connectivity index (χ3v) is 5.36. The van der Waals surface area contributed by atoms with E-state index in [1.54, 1.807) is 48.5 Å². The number of nitrogens with one attached hydrogen (secondary N) is 1. The van der Waals surface area contributed by atoms with Gasteiger partial charge >= 0.3 is 0 Å². The van der Waals surface area contributed by atoms with Crippen molar-refractivity contribution in [2.75, 3.05) is 11.9 Å². The van der Waals surface area contributed by atoms with E-state index in [-0.39, 0.29) is 29.4 Å². The minimum absolute atomic E-state index is 0.00158. The molecule has 1 aliphatic rings. The van der Waals surface area contributed by atoms with Gasteiger partial charge < -0.3 is 4.74 Å². The Balaban J connectivity index is 1.41. The molecule has 2 aromatic carbocycles. The molecule has 2 heterocycles. The van der Waals surface area contributed by atoms with Gasteiger partial charge in [-0.2, -0.15) is 0 Å². The Morgan fingerprint density at radius 1 is 1.06 bits per heavy atom. The van der Waals surface area contributed by atoms with E-state index in [0.29, 0.717) is 40.0 Å². The Kier molecular flexibility index (Phi) is 5.77. The monoisotopic (exact) mass is 436 g/mol. The summed E-state index contributed by atoms with van der Waals surface area (Å²) >= 11 is 1.11. The highest BCUT2D eigenvalue weighted by Crippen LogP contribution is 2.26. The summed E-state index contributed by atoms with van der Waals surface area (Å²) in [6.07, 6.45) is 0. The van der Waals surface area contributed by atoms with E-state index in [2.05, 4.69) is 15.5 Å². The number of hydrogen-bond acceptors (Lipinski definition) is 7. The predicted molar refractivity (Wildman–Crippen MR) is 115 cm³/mol. The molecule has 0 radical (unpaired) electrons. The minimum atomic E-state index is -0.361. The number of anilines is 1. The van der Waals surface area contributed by atoms with Crippen molar-refractivity contribution in [1.29, 1.82) is 0 Å². The molecule has 0 saturated heterocycles. The van der Waals surface area contributed by atoms with Crippen LogP contribution in [0.1, 0.15) is 49.9 Å². The van der Waals surface area contributed by atoms with Gasteiger partial charge in [0, 0.05) is 5.56 Å². The highest BCUT2D eigenvalue weighted by atomic mass is 32.1. The van der Waals surface area contributed by atoms with Crippen molar-refractivity contribution in [3.8, 4) is 5.75 Å². The molecule has 0 fully saturated rings. The third-order valence-electron chi connectivity index (χ3n) is 4.54. The summed E-state index contributed by atoms with van der Waals surface area (Å²) in [7, 11) is 0. The fourth-order valence-electron chi connectivity index (χ4n) is 3.05. The predicted octanol–water partition coefficient (Wildman–Crippen LogP) is 3.62. The van der Waals surface area contributed by atoms with E-state index < -0.39 is 0 Å². The molecule has 0 atom stereocenters. The van der Waals surface area contributed by atoms with Crippen molar-refractivity contribution in [1.82, 2.24) is 15.1 Å². The van der Waals surface area contributed by atoms with Gasteiger partial charge in [-0.05, 0) is 36.2 Å². The Hall–Kier alpha value is -3.59. The van der Waals surface area contributed by atoms with Crippen molar-refractivity contribution in [2.24, 2.45) is 5.92 Å². The second-order valence-electron chi connectivity index (χ2n) is 7.43. The van der Waals surface area contributed by atoms with E-state index in [4.69, 9.17) is 4.74 Å². The molecule has 3 aromatic rings. The van der Waals surface area contributed by atoms with Crippen molar-refractivity contribution < 1.29 is 19.1 Å². The number of imide groups is 1. The molecule has 0 bridgehead atoms. The van der Waals surface area contributed by atoms with Gasteiger partial charge in [0.1, 0.15) is 10.8 Å². The molecule has 0 unspecified atom stereocenters. The standard InChI is InChI=1S/C22H20N4O4S/c1-13(2)12-30-15-7-5-6-14(10-15)19(27)23-22-25-24-18(31-22)11-26-20(28)16-8-3-4-9-17(16)21(26)29/h3-10,13H,11-12H2,1-2H3,(H,23,25,27). The summed E-state index contributed by atoms with van der Waals surface area (Å²) in [5.74, 6) is -0.0815. The van der Waals surface area contributed by atoms with Crippen LogP contribution in [0.4, 0.5) is 5.13 Å². The Bertz CT molecular complexity index is 1120. The van der Waals surface area contributed by atoms with Crippen molar-refractivity contribution in [2.45, 2.75) is 20.4 Å². The second-order valence-corrected chi connectivity index (χ2v) is 8.49. The maximum atomic E-state index is 12.6. The first kappa shape index (κ1) is 20.7. The SMILES string of the molecule is CC(C)COc1cccc(C(=O)Nc2nnc(CN3C(=O)c4ccccc4C3=O)s2)c1. The summed E-state index contributed by atoms with van der Waals surface area (Å²) in [5, 5.41) is 11.4. The molecule has 1 N–H and O–H groups in total. The zero-order chi connectivity index (χ0) is 22.0. The fourth-order valence-corrected chi connectivity index (χ4v) is 3.77.